The summed E-state index contributed by atoms with van der Waals surface area (Å²) in [5.74, 6) is 2.23. The second-order valence-corrected chi connectivity index (χ2v) is 6.98. The average molecular weight is 362 g/mol. The number of hydrogen-bond acceptors (Lipinski definition) is 5. The topological polar surface area (TPSA) is 55.3 Å². The number of methoxy groups -OCH3 is 1. The Labute approximate surface area is 153 Å². The van der Waals surface area contributed by atoms with Crippen molar-refractivity contribution in [3.05, 3.63) is 45.7 Å². The Hall–Kier alpha value is -2.08. The maximum absolute atomic E-state index is 12.3. The Balaban J connectivity index is 2.42. The van der Waals surface area contributed by atoms with Gasteiger partial charge >= 0.3 is 0 Å². The highest BCUT2D eigenvalue weighted by molar-refractivity contribution is 8.00. The first-order valence-corrected chi connectivity index (χ1v) is 9.46. The molecular formula is C19H27N3O2S. The molecule has 136 valence electrons. The lowest BCUT2D eigenvalue weighted by Gasteiger charge is -2.20. The Morgan fingerprint density at radius 3 is 2.64 bits per heavy atom. The van der Waals surface area contributed by atoms with Crippen molar-refractivity contribution >= 4 is 29.1 Å². The Bertz CT molecular complexity index is 787. The molecule has 0 aliphatic heterocycles. The summed E-state index contributed by atoms with van der Waals surface area (Å²) in [7, 11) is 3.34. The summed E-state index contributed by atoms with van der Waals surface area (Å²) in [5, 5.41) is 3.40. The molecule has 1 aromatic heterocycles. The van der Waals surface area contributed by atoms with Crippen LogP contribution in [-0.2, 0) is 7.05 Å². The molecule has 0 amide bonds. The first-order chi connectivity index (χ1) is 12.0. The van der Waals surface area contributed by atoms with Crippen LogP contribution in [0.15, 0.2) is 29.1 Å². The van der Waals surface area contributed by atoms with E-state index < -0.39 is 0 Å². The quantitative estimate of drug-likeness (QED) is 0.531. The molecule has 0 aliphatic carbocycles. The van der Waals surface area contributed by atoms with Gasteiger partial charge in [0, 0.05) is 24.6 Å². The number of unbranched alkanes of at least 4 members (excludes halogenated alkanes) is 1. The van der Waals surface area contributed by atoms with Crippen LogP contribution in [0.5, 0.6) is 5.75 Å². The second-order valence-electron chi connectivity index (χ2n) is 6.08. The minimum Gasteiger partial charge on any atom is -0.494 e. The van der Waals surface area contributed by atoms with Crippen LogP contribution in [0.2, 0.25) is 0 Å². The van der Waals surface area contributed by atoms with Gasteiger partial charge in [-0.1, -0.05) is 43.0 Å². The fourth-order valence-corrected chi connectivity index (χ4v) is 3.38. The molecule has 0 radical (unpaired) electrons. The number of ether oxygens (including phenoxy) is 1. The van der Waals surface area contributed by atoms with Crippen LogP contribution in [0.25, 0.3) is 0 Å². The van der Waals surface area contributed by atoms with Crippen LogP contribution in [0.4, 0.5) is 17.2 Å². The van der Waals surface area contributed by atoms with Crippen LogP contribution in [0, 0.1) is 13.8 Å². The molecule has 0 atom stereocenters. The monoisotopic (exact) mass is 361 g/mol. The van der Waals surface area contributed by atoms with Gasteiger partial charge in [-0.25, -0.2) is 0 Å². The zero-order valence-corrected chi connectivity index (χ0v) is 16.4. The summed E-state index contributed by atoms with van der Waals surface area (Å²) >= 11 is 1.62. The molecular weight excluding hydrogens is 334 g/mol. The van der Waals surface area contributed by atoms with E-state index in [1.165, 1.54) is 11.6 Å². The van der Waals surface area contributed by atoms with Gasteiger partial charge in [-0.15, -0.1) is 0 Å². The largest absolute Gasteiger partial charge is 0.494 e. The number of nitrogens with one attached hydrogen (secondary N) is 2. The Kier molecular flexibility index (Phi) is 6.82. The molecule has 0 bridgehead atoms. The predicted molar refractivity (Wildman–Crippen MR) is 108 cm³/mol. The van der Waals surface area contributed by atoms with Crippen molar-refractivity contribution in [2.24, 2.45) is 7.05 Å². The Morgan fingerprint density at radius 1 is 1.24 bits per heavy atom. The van der Waals surface area contributed by atoms with E-state index in [9.17, 15) is 4.79 Å². The predicted octanol–water partition coefficient (Wildman–Crippen LogP) is 4.61. The number of aromatic nitrogens is 1. The lowest BCUT2D eigenvalue weighted by molar-refractivity contribution is 0.415. The van der Waals surface area contributed by atoms with E-state index >= 15 is 0 Å². The standard InChI is InChI=1S/C19H27N3O2S/c1-6-7-10-25-21-18-16(24-5)12-17(23)22(4)19(18)20-15-9-8-13(2)11-14(15)3/h8-9,11-12,20-21H,6-7,10H2,1-5H3. The summed E-state index contributed by atoms with van der Waals surface area (Å²) in [6, 6.07) is 7.71. The third kappa shape index (κ3) is 4.72. The lowest BCUT2D eigenvalue weighted by atomic mass is 10.1. The summed E-state index contributed by atoms with van der Waals surface area (Å²) in [6.45, 7) is 6.28. The summed E-state index contributed by atoms with van der Waals surface area (Å²) < 4.78 is 10.4. The number of pyridine rings is 1. The second kappa shape index (κ2) is 8.85. The fourth-order valence-electron chi connectivity index (χ4n) is 2.50. The zero-order valence-electron chi connectivity index (χ0n) is 15.6. The van der Waals surface area contributed by atoms with Crippen molar-refractivity contribution in [3.8, 4) is 5.75 Å². The SMILES string of the molecule is CCCCSNc1c(OC)cc(=O)n(C)c1Nc1ccc(C)cc1C. The molecule has 0 unspecified atom stereocenters. The molecule has 25 heavy (non-hydrogen) atoms. The van der Waals surface area contributed by atoms with Gasteiger partial charge in [-0.3, -0.25) is 9.36 Å². The van der Waals surface area contributed by atoms with E-state index in [1.807, 2.05) is 6.07 Å². The van der Waals surface area contributed by atoms with E-state index in [4.69, 9.17) is 4.74 Å². The van der Waals surface area contributed by atoms with Gasteiger partial charge in [0.15, 0.2) is 5.75 Å². The molecule has 2 rings (SSSR count). The molecule has 0 saturated carbocycles. The lowest BCUT2D eigenvalue weighted by Crippen LogP contribution is -2.20. The molecule has 0 fully saturated rings. The van der Waals surface area contributed by atoms with Gasteiger partial charge in [0.25, 0.3) is 5.56 Å². The molecule has 1 heterocycles. The first-order valence-electron chi connectivity index (χ1n) is 8.48. The Morgan fingerprint density at radius 2 is 2.00 bits per heavy atom. The van der Waals surface area contributed by atoms with Gasteiger partial charge < -0.3 is 14.8 Å². The highest BCUT2D eigenvalue weighted by Gasteiger charge is 2.16. The van der Waals surface area contributed by atoms with Crippen LogP contribution in [0.3, 0.4) is 0 Å². The molecule has 1 aromatic carbocycles. The smallest absolute Gasteiger partial charge is 0.255 e. The van der Waals surface area contributed by atoms with E-state index in [0.717, 1.165) is 35.5 Å². The van der Waals surface area contributed by atoms with Gasteiger partial charge in [-0.2, -0.15) is 0 Å². The molecule has 2 N–H and O–H groups in total. The maximum atomic E-state index is 12.3. The average Bonchev–Trinajstić information content (AvgIpc) is 2.59. The third-order valence-electron chi connectivity index (χ3n) is 4.03. The van der Waals surface area contributed by atoms with Crippen molar-refractivity contribution in [1.29, 1.82) is 0 Å². The molecule has 2 aromatic rings. The third-order valence-corrected chi connectivity index (χ3v) is 4.87. The van der Waals surface area contributed by atoms with Crippen molar-refractivity contribution < 1.29 is 4.74 Å². The van der Waals surface area contributed by atoms with E-state index in [0.29, 0.717) is 11.6 Å². The highest BCUT2D eigenvalue weighted by atomic mass is 32.2. The van der Waals surface area contributed by atoms with E-state index in [2.05, 4.69) is 42.9 Å². The molecule has 0 spiro atoms. The zero-order chi connectivity index (χ0) is 18.4. The normalized spacial score (nSPS) is 10.6. The number of nitrogens with zero attached hydrogens (tertiary/aromatic N) is 1. The molecule has 5 nitrogen and oxygen atoms in total. The fraction of sp³-hybridized carbons (Fsp3) is 0.421. The van der Waals surface area contributed by atoms with Gasteiger partial charge in [0.05, 0.1) is 7.11 Å². The van der Waals surface area contributed by atoms with Crippen molar-refractivity contribution in [1.82, 2.24) is 4.57 Å². The maximum Gasteiger partial charge on any atom is 0.255 e. The number of hydrogen-bond donors (Lipinski definition) is 2. The summed E-state index contributed by atoms with van der Waals surface area (Å²) in [4.78, 5) is 12.3. The first kappa shape index (κ1) is 19.2. The van der Waals surface area contributed by atoms with Gasteiger partial charge in [0.1, 0.15) is 11.5 Å². The van der Waals surface area contributed by atoms with Crippen LogP contribution in [0.1, 0.15) is 30.9 Å². The minimum atomic E-state index is -0.117. The molecule has 6 heteroatoms. The highest BCUT2D eigenvalue weighted by Crippen LogP contribution is 2.35. The van der Waals surface area contributed by atoms with E-state index in [1.54, 1.807) is 30.7 Å². The van der Waals surface area contributed by atoms with Crippen LogP contribution < -0.4 is 20.3 Å². The van der Waals surface area contributed by atoms with Gasteiger partial charge in [0.2, 0.25) is 0 Å². The number of rotatable bonds is 8. The number of benzene rings is 1. The number of aryl methyl sites for hydroxylation is 2. The molecule has 0 aliphatic rings. The number of anilines is 3. The molecule has 0 saturated heterocycles. The van der Waals surface area contributed by atoms with Crippen LogP contribution >= 0.6 is 11.9 Å². The van der Waals surface area contributed by atoms with Crippen molar-refractivity contribution in [2.75, 3.05) is 22.9 Å². The van der Waals surface area contributed by atoms with Crippen molar-refractivity contribution in [3.63, 3.8) is 0 Å². The van der Waals surface area contributed by atoms with Gasteiger partial charge in [-0.05, 0) is 31.9 Å². The van der Waals surface area contributed by atoms with E-state index in [-0.39, 0.29) is 5.56 Å². The summed E-state index contributed by atoms with van der Waals surface area (Å²) in [6.07, 6.45) is 2.28. The summed E-state index contributed by atoms with van der Waals surface area (Å²) in [5.41, 5.74) is 3.96. The van der Waals surface area contributed by atoms with Crippen molar-refractivity contribution in [2.45, 2.75) is 33.6 Å². The van der Waals surface area contributed by atoms with Crippen LogP contribution in [-0.4, -0.2) is 17.4 Å². The minimum absolute atomic E-state index is 0.117.